The molecule has 21 heavy (non-hydrogen) atoms. The second-order valence-electron chi connectivity index (χ2n) is 5.53. The molecule has 0 aromatic heterocycles. The van der Waals surface area contributed by atoms with E-state index in [-0.39, 0.29) is 18.4 Å². The maximum absolute atomic E-state index is 12.1. The maximum atomic E-state index is 12.1. The molecular formula is C14H18N2O4S. The Balaban J connectivity index is 1.58. The van der Waals surface area contributed by atoms with E-state index >= 15 is 0 Å². The highest BCUT2D eigenvalue weighted by atomic mass is 32.2. The zero-order chi connectivity index (χ0) is 14.9. The topological polar surface area (TPSA) is 84.5 Å². The Hall–Kier alpha value is -1.60. The number of rotatable bonds is 3. The minimum absolute atomic E-state index is 0.123. The number of hydrogen-bond acceptors (Lipinski definition) is 5. The van der Waals surface area contributed by atoms with Gasteiger partial charge in [0.25, 0.3) is 0 Å². The van der Waals surface area contributed by atoms with E-state index in [1.54, 1.807) is 0 Å². The van der Waals surface area contributed by atoms with E-state index in [0.717, 1.165) is 5.56 Å². The SMILES string of the molecule is O=C(NC1CCS(=O)(=O)C12CNC2)OCc1ccccc1. The zero-order valence-corrected chi connectivity index (χ0v) is 12.4. The maximum Gasteiger partial charge on any atom is 0.407 e. The van der Waals surface area contributed by atoms with Gasteiger partial charge in [-0.2, -0.15) is 0 Å². The molecule has 1 amide bonds. The fourth-order valence-corrected chi connectivity index (χ4v) is 5.11. The van der Waals surface area contributed by atoms with Gasteiger partial charge in [0, 0.05) is 13.1 Å². The summed E-state index contributed by atoms with van der Waals surface area (Å²) in [6.45, 7) is 0.981. The molecule has 2 saturated heterocycles. The van der Waals surface area contributed by atoms with Crippen LogP contribution in [-0.4, -0.2) is 44.1 Å². The van der Waals surface area contributed by atoms with Crippen molar-refractivity contribution in [3.05, 3.63) is 35.9 Å². The minimum Gasteiger partial charge on any atom is -0.445 e. The zero-order valence-electron chi connectivity index (χ0n) is 11.5. The highest BCUT2D eigenvalue weighted by Crippen LogP contribution is 2.36. The lowest BCUT2D eigenvalue weighted by Gasteiger charge is -2.42. The standard InChI is InChI=1S/C14H18N2O4S/c17-13(20-8-11-4-2-1-3-5-11)16-12-6-7-21(18,19)14(12)9-15-10-14/h1-5,12,15H,6-10H2,(H,16,17). The first-order chi connectivity index (χ1) is 10.0. The molecule has 2 aliphatic rings. The summed E-state index contributed by atoms with van der Waals surface area (Å²) in [6, 6.07) is 8.99. The van der Waals surface area contributed by atoms with E-state index < -0.39 is 20.7 Å². The van der Waals surface area contributed by atoms with Crippen molar-refractivity contribution >= 4 is 15.9 Å². The van der Waals surface area contributed by atoms with Crippen molar-refractivity contribution in [1.29, 1.82) is 0 Å². The Morgan fingerprint density at radius 3 is 2.67 bits per heavy atom. The molecule has 0 radical (unpaired) electrons. The number of amides is 1. The van der Waals surface area contributed by atoms with Crippen LogP contribution in [0.2, 0.25) is 0 Å². The second kappa shape index (κ2) is 5.31. The summed E-state index contributed by atoms with van der Waals surface area (Å²) < 4.78 is 28.5. The summed E-state index contributed by atoms with van der Waals surface area (Å²) >= 11 is 0. The molecule has 0 bridgehead atoms. The average Bonchev–Trinajstić information content (AvgIpc) is 2.68. The molecule has 114 valence electrons. The summed E-state index contributed by atoms with van der Waals surface area (Å²) in [4.78, 5) is 11.9. The number of carbonyl (C=O) groups excluding carboxylic acids is 1. The predicted molar refractivity (Wildman–Crippen MR) is 77.6 cm³/mol. The summed E-state index contributed by atoms with van der Waals surface area (Å²) in [5.41, 5.74) is 0.895. The Morgan fingerprint density at radius 1 is 1.33 bits per heavy atom. The first kappa shape index (κ1) is 14.3. The third-order valence-corrected chi connectivity index (χ3v) is 6.87. The van der Waals surface area contributed by atoms with Crippen LogP contribution >= 0.6 is 0 Å². The molecule has 6 nitrogen and oxygen atoms in total. The monoisotopic (exact) mass is 310 g/mol. The molecule has 0 saturated carbocycles. The Labute approximate surface area is 123 Å². The predicted octanol–water partition coefficient (Wildman–Crippen LogP) is 0.442. The van der Waals surface area contributed by atoms with Gasteiger partial charge in [-0.15, -0.1) is 0 Å². The fourth-order valence-electron chi connectivity index (χ4n) is 2.90. The van der Waals surface area contributed by atoms with E-state index in [1.807, 2.05) is 30.3 Å². The van der Waals surface area contributed by atoms with Gasteiger partial charge in [-0.3, -0.25) is 0 Å². The van der Waals surface area contributed by atoms with Crippen molar-refractivity contribution < 1.29 is 17.9 Å². The summed E-state index contributed by atoms with van der Waals surface area (Å²) in [5.74, 6) is 0.123. The smallest absolute Gasteiger partial charge is 0.407 e. The number of nitrogens with one attached hydrogen (secondary N) is 2. The van der Waals surface area contributed by atoms with Crippen LogP contribution in [0.5, 0.6) is 0 Å². The first-order valence-electron chi connectivity index (χ1n) is 6.94. The van der Waals surface area contributed by atoms with Gasteiger partial charge in [0.15, 0.2) is 9.84 Å². The van der Waals surface area contributed by atoms with E-state index in [4.69, 9.17) is 4.74 Å². The molecule has 2 fully saturated rings. The molecule has 2 heterocycles. The van der Waals surface area contributed by atoms with Crippen LogP contribution < -0.4 is 10.6 Å². The average molecular weight is 310 g/mol. The van der Waals surface area contributed by atoms with Crippen LogP contribution in [0.15, 0.2) is 30.3 Å². The van der Waals surface area contributed by atoms with Crippen LogP contribution in [0, 0.1) is 0 Å². The number of hydrogen-bond donors (Lipinski definition) is 2. The number of sulfone groups is 1. The van der Waals surface area contributed by atoms with Crippen LogP contribution in [0.25, 0.3) is 0 Å². The van der Waals surface area contributed by atoms with Gasteiger partial charge in [-0.05, 0) is 12.0 Å². The molecule has 1 aromatic carbocycles. The van der Waals surface area contributed by atoms with Crippen molar-refractivity contribution in [2.24, 2.45) is 0 Å². The second-order valence-corrected chi connectivity index (χ2v) is 7.99. The molecule has 3 rings (SSSR count). The van der Waals surface area contributed by atoms with Crippen LogP contribution in [0.3, 0.4) is 0 Å². The number of carbonyl (C=O) groups is 1. The van der Waals surface area contributed by atoms with Gasteiger partial charge in [-0.1, -0.05) is 30.3 Å². The largest absolute Gasteiger partial charge is 0.445 e. The van der Waals surface area contributed by atoms with E-state index in [0.29, 0.717) is 19.5 Å². The highest BCUT2D eigenvalue weighted by Gasteiger charge is 2.59. The summed E-state index contributed by atoms with van der Waals surface area (Å²) in [5, 5.41) is 5.71. The molecule has 2 aliphatic heterocycles. The van der Waals surface area contributed by atoms with Gasteiger partial charge in [0.1, 0.15) is 11.4 Å². The van der Waals surface area contributed by atoms with E-state index in [1.165, 1.54) is 0 Å². The molecule has 1 unspecified atom stereocenters. The molecule has 2 N–H and O–H groups in total. The Morgan fingerprint density at radius 2 is 2.05 bits per heavy atom. The highest BCUT2D eigenvalue weighted by molar-refractivity contribution is 7.93. The van der Waals surface area contributed by atoms with Gasteiger partial charge < -0.3 is 15.4 Å². The normalized spacial score (nSPS) is 25.2. The Bertz CT molecular complexity index is 626. The Kier molecular flexibility index (Phi) is 3.62. The third-order valence-electron chi connectivity index (χ3n) is 4.28. The molecule has 1 spiro atoms. The number of benzene rings is 1. The van der Waals surface area contributed by atoms with Crippen LogP contribution in [0.1, 0.15) is 12.0 Å². The summed E-state index contributed by atoms with van der Waals surface area (Å²) in [6.07, 6.45) is -0.114. The van der Waals surface area contributed by atoms with Crippen molar-refractivity contribution in [3.8, 4) is 0 Å². The van der Waals surface area contributed by atoms with Gasteiger partial charge >= 0.3 is 6.09 Å². The van der Waals surface area contributed by atoms with E-state index in [9.17, 15) is 13.2 Å². The third kappa shape index (κ3) is 2.51. The molecule has 7 heteroatoms. The lowest BCUT2D eigenvalue weighted by molar-refractivity contribution is 0.130. The van der Waals surface area contributed by atoms with Gasteiger partial charge in [-0.25, -0.2) is 13.2 Å². The number of alkyl carbamates (subject to hydrolysis) is 1. The lowest BCUT2D eigenvalue weighted by atomic mass is 9.91. The van der Waals surface area contributed by atoms with Crippen LogP contribution in [0.4, 0.5) is 4.79 Å². The van der Waals surface area contributed by atoms with Crippen molar-refractivity contribution in [2.45, 2.75) is 23.8 Å². The molecule has 0 aliphatic carbocycles. The number of ether oxygens (including phenoxy) is 1. The molecule has 1 aromatic rings. The quantitative estimate of drug-likeness (QED) is 0.846. The van der Waals surface area contributed by atoms with Crippen molar-refractivity contribution in [2.75, 3.05) is 18.8 Å². The lowest BCUT2D eigenvalue weighted by Crippen LogP contribution is -2.70. The molecular weight excluding hydrogens is 292 g/mol. The first-order valence-corrected chi connectivity index (χ1v) is 8.59. The van der Waals surface area contributed by atoms with Crippen molar-refractivity contribution in [1.82, 2.24) is 10.6 Å². The minimum atomic E-state index is -3.14. The molecule has 1 atom stereocenters. The fraction of sp³-hybridized carbons (Fsp3) is 0.500. The van der Waals surface area contributed by atoms with Gasteiger partial charge in [0.2, 0.25) is 0 Å². The van der Waals surface area contributed by atoms with E-state index in [2.05, 4.69) is 10.6 Å². The summed E-state index contributed by atoms with van der Waals surface area (Å²) in [7, 11) is -3.14. The van der Waals surface area contributed by atoms with Crippen molar-refractivity contribution in [3.63, 3.8) is 0 Å². The van der Waals surface area contributed by atoms with Crippen LogP contribution in [-0.2, 0) is 21.2 Å². The van der Waals surface area contributed by atoms with Gasteiger partial charge in [0.05, 0.1) is 11.8 Å².